The van der Waals surface area contributed by atoms with Crippen molar-refractivity contribution in [3.63, 3.8) is 0 Å². The number of pyridine rings is 1. The largest absolute Gasteiger partial charge is 0.387 e. The predicted octanol–water partition coefficient (Wildman–Crippen LogP) is 3.68. The molecule has 2 aromatic carbocycles. The standard InChI is InChI=1S/C23H25N3O3S/c27-22(20-10-8-19(9-11-20)18-6-2-1-3-7-18)17-25-23-13-12-21(16-24-23)30(28,29)26-14-4-5-15-26/h1-3,6-13,16,22,27H,4-5,14-15,17H2,(H,24,25). The summed E-state index contributed by atoms with van der Waals surface area (Å²) in [4.78, 5) is 4.41. The molecule has 2 heterocycles. The number of sulfonamides is 1. The van der Waals surface area contributed by atoms with Crippen LogP contribution < -0.4 is 5.32 Å². The molecule has 1 aliphatic rings. The van der Waals surface area contributed by atoms with E-state index in [1.807, 2.05) is 54.6 Å². The molecule has 7 heteroatoms. The molecule has 6 nitrogen and oxygen atoms in total. The third-order valence-corrected chi connectivity index (χ3v) is 7.20. The normalized spacial score (nSPS) is 15.8. The van der Waals surface area contributed by atoms with Crippen LogP contribution in [0.4, 0.5) is 5.82 Å². The van der Waals surface area contributed by atoms with Crippen LogP contribution in [0.1, 0.15) is 24.5 Å². The first-order valence-corrected chi connectivity index (χ1v) is 11.5. The van der Waals surface area contributed by atoms with Crippen LogP contribution in [0.25, 0.3) is 11.1 Å². The summed E-state index contributed by atoms with van der Waals surface area (Å²) in [5, 5.41) is 13.5. The van der Waals surface area contributed by atoms with Crippen molar-refractivity contribution < 1.29 is 13.5 Å². The topological polar surface area (TPSA) is 82.5 Å². The number of hydrogen-bond acceptors (Lipinski definition) is 5. The van der Waals surface area contributed by atoms with Gasteiger partial charge in [0.1, 0.15) is 10.7 Å². The zero-order valence-corrected chi connectivity index (χ0v) is 17.4. The van der Waals surface area contributed by atoms with E-state index in [9.17, 15) is 13.5 Å². The van der Waals surface area contributed by atoms with E-state index >= 15 is 0 Å². The molecular weight excluding hydrogens is 398 g/mol. The van der Waals surface area contributed by atoms with Crippen LogP contribution in [0.15, 0.2) is 77.8 Å². The minimum Gasteiger partial charge on any atom is -0.387 e. The highest BCUT2D eigenvalue weighted by Crippen LogP contribution is 2.23. The summed E-state index contributed by atoms with van der Waals surface area (Å²) in [7, 11) is -3.46. The molecule has 1 unspecified atom stereocenters. The molecule has 0 aliphatic carbocycles. The molecule has 0 spiro atoms. The molecule has 2 N–H and O–H groups in total. The average molecular weight is 424 g/mol. The molecule has 0 bridgehead atoms. The Morgan fingerprint density at radius 2 is 1.60 bits per heavy atom. The maximum absolute atomic E-state index is 12.6. The van der Waals surface area contributed by atoms with Gasteiger partial charge in [-0.3, -0.25) is 0 Å². The Morgan fingerprint density at radius 3 is 2.23 bits per heavy atom. The van der Waals surface area contributed by atoms with Gasteiger partial charge < -0.3 is 10.4 Å². The van der Waals surface area contributed by atoms with E-state index in [2.05, 4.69) is 10.3 Å². The summed E-state index contributed by atoms with van der Waals surface area (Å²) < 4.78 is 26.6. The Labute approximate surface area is 177 Å². The first-order valence-electron chi connectivity index (χ1n) is 10.1. The second-order valence-electron chi connectivity index (χ2n) is 7.38. The van der Waals surface area contributed by atoms with Crippen LogP contribution in [-0.2, 0) is 10.0 Å². The van der Waals surface area contributed by atoms with Crippen molar-refractivity contribution in [2.75, 3.05) is 25.0 Å². The SMILES string of the molecule is O=S(=O)(c1ccc(NCC(O)c2ccc(-c3ccccc3)cc2)nc1)N1CCCC1. The molecule has 1 saturated heterocycles. The lowest BCUT2D eigenvalue weighted by Crippen LogP contribution is -2.28. The maximum Gasteiger partial charge on any atom is 0.244 e. The number of anilines is 1. The smallest absolute Gasteiger partial charge is 0.244 e. The number of aromatic nitrogens is 1. The second kappa shape index (κ2) is 8.95. The summed E-state index contributed by atoms with van der Waals surface area (Å²) in [5.74, 6) is 0.523. The lowest BCUT2D eigenvalue weighted by molar-refractivity contribution is 0.191. The van der Waals surface area contributed by atoms with Crippen LogP contribution in [-0.4, -0.2) is 42.4 Å². The van der Waals surface area contributed by atoms with Crippen LogP contribution >= 0.6 is 0 Å². The zero-order chi connectivity index (χ0) is 21.0. The van der Waals surface area contributed by atoms with Gasteiger partial charge in [-0.25, -0.2) is 13.4 Å². The first kappa shape index (κ1) is 20.5. The first-order chi connectivity index (χ1) is 14.5. The molecule has 3 aromatic rings. The Kier molecular flexibility index (Phi) is 6.13. The number of hydrogen-bond donors (Lipinski definition) is 2. The third kappa shape index (κ3) is 4.53. The van der Waals surface area contributed by atoms with E-state index in [0.29, 0.717) is 18.9 Å². The second-order valence-corrected chi connectivity index (χ2v) is 9.31. The Bertz CT molecular complexity index is 1060. The molecule has 0 radical (unpaired) electrons. The Balaban J connectivity index is 1.36. The number of aliphatic hydroxyl groups excluding tert-OH is 1. The van der Waals surface area contributed by atoms with Crippen molar-refractivity contribution in [1.29, 1.82) is 0 Å². The molecule has 0 saturated carbocycles. The number of nitrogens with one attached hydrogen (secondary N) is 1. The van der Waals surface area contributed by atoms with Crippen LogP contribution in [0.5, 0.6) is 0 Å². The lowest BCUT2D eigenvalue weighted by atomic mass is 10.0. The Hall–Kier alpha value is -2.74. The molecule has 156 valence electrons. The van der Waals surface area contributed by atoms with E-state index in [4.69, 9.17) is 0 Å². The van der Waals surface area contributed by atoms with Crippen LogP contribution in [0.3, 0.4) is 0 Å². The quantitative estimate of drug-likeness (QED) is 0.606. The fourth-order valence-electron chi connectivity index (χ4n) is 3.56. The number of benzene rings is 2. The molecule has 4 rings (SSSR count). The molecular formula is C23H25N3O3S. The van der Waals surface area contributed by atoms with Gasteiger partial charge in [-0.15, -0.1) is 0 Å². The van der Waals surface area contributed by atoms with Crippen LogP contribution in [0.2, 0.25) is 0 Å². The fraction of sp³-hybridized carbons (Fsp3) is 0.261. The van der Waals surface area contributed by atoms with E-state index in [0.717, 1.165) is 29.5 Å². The highest BCUT2D eigenvalue weighted by atomic mass is 32.2. The molecule has 1 aromatic heterocycles. The Morgan fingerprint density at radius 1 is 0.933 bits per heavy atom. The minimum atomic E-state index is -3.46. The van der Waals surface area contributed by atoms with Gasteiger partial charge in [0.15, 0.2) is 0 Å². The lowest BCUT2D eigenvalue weighted by Gasteiger charge is -2.16. The van der Waals surface area contributed by atoms with Crippen molar-refractivity contribution >= 4 is 15.8 Å². The van der Waals surface area contributed by atoms with Gasteiger partial charge in [0.05, 0.1) is 6.10 Å². The summed E-state index contributed by atoms with van der Waals surface area (Å²) in [5.41, 5.74) is 3.02. The van der Waals surface area contributed by atoms with Gasteiger partial charge in [-0.1, -0.05) is 54.6 Å². The van der Waals surface area contributed by atoms with Gasteiger partial charge in [-0.2, -0.15) is 4.31 Å². The van der Waals surface area contributed by atoms with E-state index < -0.39 is 16.1 Å². The zero-order valence-electron chi connectivity index (χ0n) is 16.6. The molecule has 1 aliphatic heterocycles. The molecule has 1 fully saturated rings. The number of aliphatic hydroxyl groups is 1. The number of rotatable bonds is 7. The predicted molar refractivity (Wildman–Crippen MR) is 118 cm³/mol. The van der Waals surface area contributed by atoms with E-state index in [-0.39, 0.29) is 11.4 Å². The summed E-state index contributed by atoms with van der Waals surface area (Å²) >= 11 is 0. The van der Waals surface area contributed by atoms with Crippen molar-refractivity contribution in [2.24, 2.45) is 0 Å². The number of nitrogens with zero attached hydrogens (tertiary/aromatic N) is 2. The average Bonchev–Trinajstić information content (AvgIpc) is 3.34. The van der Waals surface area contributed by atoms with Gasteiger partial charge >= 0.3 is 0 Å². The maximum atomic E-state index is 12.6. The van der Waals surface area contributed by atoms with Crippen molar-refractivity contribution in [2.45, 2.75) is 23.8 Å². The van der Waals surface area contributed by atoms with E-state index in [1.165, 1.54) is 10.5 Å². The molecule has 0 amide bonds. The molecule has 1 atom stereocenters. The van der Waals surface area contributed by atoms with Crippen molar-refractivity contribution in [3.8, 4) is 11.1 Å². The van der Waals surface area contributed by atoms with Gasteiger partial charge in [-0.05, 0) is 41.7 Å². The third-order valence-electron chi connectivity index (χ3n) is 5.32. The van der Waals surface area contributed by atoms with Crippen LogP contribution in [0, 0.1) is 0 Å². The summed E-state index contributed by atoms with van der Waals surface area (Å²) in [6, 6.07) is 21.1. The van der Waals surface area contributed by atoms with Crippen molar-refractivity contribution in [3.05, 3.63) is 78.5 Å². The van der Waals surface area contributed by atoms with Gasteiger partial charge in [0.25, 0.3) is 0 Å². The highest BCUT2D eigenvalue weighted by molar-refractivity contribution is 7.89. The molecule has 30 heavy (non-hydrogen) atoms. The fourth-order valence-corrected chi connectivity index (χ4v) is 5.03. The summed E-state index contributed by atoms with van der Waals surface area (Å²) in [6.45, 7) is 1.41. The minimum absolute atomic E-state index is 0.201. The summed E-state index contributed by atoms with van der Waals surface area (Å²) in [6.07, 6.45) is 2.47. The van der Waals surface area contributed by atoms with Gasteiger partial charge in [0, 0.05) is 25.8 Å². The van der Waals surface area contributed by atoms with E-state index in [1.54, 1.807) is 12.1 Å². The highest BCUT2D eigenvalue weighted by Gasteiger charge is 2.27. The van der Waals surface area contributed by atoms with Gasteiger partial charge in [0.2, 0.25) is 10.0 Å². The monoisotopic (exact) mass is 423 g/mol. The van der Waals surface area contributed by atoms with Crippen molar-refractivity contribution in [1.82, 2.24) is 9.29 Å².